The lowest BCUT2D eigenvalue weighted by Gasteiger charge is -2.09. The SMILES string of the molecule is COC(=O)c1cc(N=C2SCC(=O)N2C)cc(C(=O)OC)c1. The molecule has 0 atom stereocenters. The highest BCUT2D eigenvalue weighted by atomic mass is 32.2. The van der Waals surface area contributed by atoms with Crippen molar-refractivity contribution < 1.29 is 23.9 Å². The summed E-state index contributed by atoms with van der Waals surface area (Å²) in [5, 5.41) is 0.503. The summed E-state index contributed by atoms with van der Waals surface area (Å²) < 4.78 is 9.32. The third-order valence-electron chi connectivity index (χ3n) is 2.97. The number of amidine groups is 1. The van der Waals surface area contributed by atoms with Crippen LogP contribution in [0.25, 0.3) is 0 Å². The van der Waals surface area contributed by atoms with E-state index in [-0.39, 0.29) is 17.0 Å². The zero-order valence-electron chi connectivity index (χ0n) is 12.3. The number of esters is 2. The third-order valence-corrected chi connectivity index (χ3v) is 3.99. The number of thioether (sulfide) groups is 1. The van der Waals surface area contributed by atoms with Gasteiger partial charge in [0.15, 0.2) is 5.17 Å². The molecule has 0 radical (unpaired) electrons. The van der Waals surface area contributed by atoms with Crippen molar-refractivity contribution in [1.29, 1.82) is 0 Å². The number of hydrogen-bond donors (Lipinski definition) is 0. The fourth-order valence-electron chi connectivity index (χ4n) is 1.79. The first-order chi connectivity index (χ1) is 10.5. The van der Waals surface area contributed by atoms with Gasteiger partial charge in [0.25, 0.3) is 0 Å². The van der Waals surface area contributed by atoms with Gasteiger partial charge in [-0.2, -0.15) is 0 Å². The normalized spacial score (nSPS) is 16.0. The summed E-state index contributed by atoms with van der Waals surface area (Å²) in [6.45, 7) is 0. The monoisotopic (exact) mass is 322 g/mol. The van der Waals surface area contributed by atoms with Crippen molar-refractivity contribution in [2.75, 3.05) is 27.0 Å². The number of amides is 1. The van der Waals surface area contributed by atoms with E-state index in [0.29, 0.717) is 16.6 Å². The van der Waals surface area contributed by atoms with Gasteiger partial charge in [-0.15, -0.1) is 0 Å². The maximum atomic E-state index is 11.7. The summed E-state index contributed by atoms with van der Waals surface area (Å²) in [7, 11) is 4.11. The van der Waals surface area contributed by atoms with Crippen molar-refractivity contribution in [3.63, 3.8) is 0 Å². The van der Waals surface area contributed by atoms with Gasteiger partial charge in [-0.1, -0.05) is 11.8 Å². The third kappa shape index (κ3) is 3.28. The Morgan fingerprint density at radius 1 is 1.14 bits per heavy atom. The van der Waals surface area contributed by atoms with Crippen molar-refractivity contribution in [2.24, 2.45) is 4.99 Å². The molecule has 2 rings (SSSR count). The predicted molar refractivity (Wildman–Crippen MR) is 81.4 cm³/mol. The molecule has 1 amide bonds. The van der Waals surface area contributed by atoms with Crippen LogP contribution in [0.4, 0.5) is 5.69 Å². The van der Waals surface area contributed by atoms with Gasteiger partial charge in [-0.3, -0.25) is 9.69 Å². The van der Waals surface area contributed by atoms with Crippen LogP contribution < -0.4 is 0 Å². The molecule has 0 spiro atoms. The van der Waals surface area contributed by atoms with Crippen LogP contribution in [-0.2, 0) is 14.3 Å². The van der Waals surface area contributed by atoms with E-state index in [2.05, 4.69) is 14.5 Å². The van der Waals surface area contributed by atoms with Gasteiger partial charge in [-0.25, -0.2) is 14.6 Å². The maximum Gasteiger partial charge on any atom is 0.337 e. The predicted octanol–water partition coefficient (Wildman–Crippen LogP) is 1.45. The standard InChI is InChI=1S/C14H14N2O5S/c1-16-11(17)7-22-14(16)15-10-5-8(12(18)20-2)4-9(6-10)13(19)21-3/h4-6H,7H2,1-3H3. The summed E-state index contributed by atoms with van der Waals surface area (Å²) in [5.41, 5.74) is 0.732. The van der Waals surface area contributed by atoms with Crippen molar-refractivity contribution in [1.82, 2.24) is 4.90 Å². The lowest BCUT2D eigenvalue weighted by molar-refractivity contribution is -0.123. The molecule has 1 heterocycles. The molecule has 8 heteroatoms. The van der Waals surface area contributed by atoms with E-state index in [0.717, 1.165) is 0 Å². The number of carbonyl (C=O) groups excluding carboxylic acids is 3. The van der Waals surface area contributed by atoms with Gasteiger partial charge in [0.2, 0.25) is 5.91 Å². The molecule has 116 valence electrons. The molecule has 0 aromatic heterocycles. The van der Waals surface area contributed by atoms with Gasteiger partial charge in [0.05, 0.1) is 36.8 Å². The minimum absolute atomic E-state index is 0.0546. The second-order valence-corrected chi connectivity index (χ2v) is 5.33. The first-order valence-corrected chi connectivity index (χ1v) is 7.24. The van der Waals surface area contributed by atoms with E-state index in [4.69, 9.17) is 0 Å². The quantitative estimate of drug-likeness (QED) is 0.783. The number of carbonyl (C=O) groups is 3. The van der Waals surface area contributed by atoms with Crippen LogP contribution >= 0.6 is 11.8 Å². The number of methoxy groups -OCH3 is 2. The Bertz CT molecular complexity index is 637. The van der Waals surface area contributed by atoms with Gasteiger partial charge >= 0.3 is 11.9 Å². The Balaban J connectivity index is 2.46. The zero-order valence-corrected chi connectivity index (χ0v) is 13.1. The number of benzene rings is 1. The summed E-state index contributed by atoms with van der Waals surface area (Å²) in [5.74, 6) is -0.914. The maximum absolute atomic E-state index is 11.7. The van der Waals surface area contributed by atoms with Crippen LogP contribution in [0.5, 0.6) is 0 Å². The minimum Gasteiger partial charge on any atom is -0.465 e. The molecule has 0 N–H and O–H groups in total. The molecule has 0 aliphatic carbocycles. The molecule has 0 saturated carbocycles. The van der Waals surface area contributed by atoms with Crippen LogP contribution in [0.1, 0.15) is 20.7 Å². The largest absolute Gasteiger partial charge is 0.465 e. The summed E-state index contributed by atoms with van der Waals surface area (Å²) in [6.07, 6.45) is 0. The fourth-order valence-corrected chi connectivity index (χ4v) is 2.70. The number of ether oxygens (including phenoxy) is 2. The Hall–Kier alpha value is -2.35. The Kier molecular flexibility index (Phi) is 4.81. The highest BCUT2D eigenvalue weighted by molar-refractivity contribution is 8.15. The average Bonchev–Trinajstić information content (AvgIpc) is 2.85. The smallest absolute Gasteiger partial charge is 0.337 e. The van der Waals surface area contributed by atoms with E-state index < -0.39 is 11.9 Å². The molecule has 1 aliphatic heterocycles. The van der Waals surface area contributed by atoms with Gasteiger partial charge in [0.1, 0.15) is 0 Å². The van der Waals surface area contributed by atoms with Gasteiger partial charge < -0.3 is 9.47 Å². The van der Waals surface area contributed by atoms with Crippen LogP contribution in [0.15, 0.2) is 23.2 Å². The Labute approximate surface area is 131 Å². The number of nitrogens with zero attached hydrogens (tertiary/aromatic N) is 2. The molecule has 22 heavy (non-hydrogen) atoms. The Morgan fingerprint density at radius 3 is 2.09 bits per heavy atom. The van der Waals surface area contributed by atoms with Crippen molar-refractivity contribution in [3.8, 4) is 0 Å². The van der Waals surface area contributed by atoms with E-state index >= 15 is 0 Å². The lowest BCUT2D eigenvalue weighted by atomic mass is 10.1. The molecule has 7 nitrogen and oxygen atoms in total. The zero-order chi connectivity index (χ0) is 16.3. The first kappa shape index (κ1) is 16.0. The van der Waals surface area contributed by atoms with Gasteiger partial charge in [0, 0.05) is 7.05 Å². The van der Waals surface area contributed by atoms with E-state index in [1.807, 2.05) is 0 Å². The highest BCUT2D eigenvalue weighted by Gasteiger charge is 2.24. The molecule has 0 unspecified atom stereocenters. The van der Waals surface area contributed by atoms with Crippen LogP contribution in [0.3, 0.4) is 0 Å². The molecule has 1 aromatic rings. The molecular weight excluding hydrogens is 308 g/mol. The average molecular weight is 322 g/mol. The van der Waals surface area contributed by atoms with Gasteiger partial charge in [-0.05, 0) is 18.2 Å². The lowest BCUT2D eigenvalue weighted by Crippen LogP contribution is -2.24. The molecule has 1 saturated heterocycles. The molecule has 1 fully saturated rings. The van der Waals surface area contributed by atoms with E-state index in [9.17, 15) is 14.4 Å². The Morgan fingerprint density at radius 2 is 1.68 bits per heavy atom. The topological polar surface area (TPSA) is 85.3 Å². The van der Waals surface area contributed by atoms with E-state index in [1.165, 1.54) is 49.1 Å². The molecule has 1 aliphatic rings. The molecule has 1 aromatic carbocycles. The minimum atomic E-state index is -0.587. The second kappa shape index (κ2) is 6.61. The van der Waals surface area contributed by atoms with Crippen molar-refractivity contribution in [3.05, 3.63) is 29.3 Å². The second-order valence-electron chi connectivity index (χ2n) is 4.39. The first-order valence-electron chi connectivity index (χ1n) is 6.26. The number of rotatable bonds is 3. The summed E-state index contributed by atoms with van der Waals surface area (Å²) in [6, 6.07) is 4.35. The van der Waals surface area contributed by atoms with Crippen LogP contribution in [0, 0.1) is 0 Å². The van der Waals surface area contributed by atoms with Crippen molar-refractivity contribution in [2.45, 2.75) is 0 Å². The fraction of sp³-hybridized carbons (Fsp3) is 0.286. The summed E-state index contributed by atoms with van der Waals surface area (Å²) >= 11 is 1.29. The number of hydrogen-bond acceptors (Lipinski definition) is 7. The van der Waals surface area contributed by atoms with Crippen molar-refractivity contribution >= 4 is 40.5 Å². The van der Waals surface area contributed by atoms with Crippen LogP contribution in [0.2, 0.25) is 0 Å². The van der Waals surface area contributed by atoms with E-state index in [1.54, 1.807) is 7.05 Å². The molecular formula is C14H14N2O5S. The highest BCUT2D eigenvalue weighted by Crippen LogP contribution is 2.25. The van der Waals surface area contributed by atoms with Crippen LogP contribution in [-0.4, -0.2) is 54.9 Å². The summed E-state index contributed by atoms with van der Waals surface area (Å²) in [4.78, 5) is 40.6. The number of aliphatic imine (C=N–C) groups is 1. The molecule has 0 bridgehead atoms.